The van der Waals surface area contributed by atoms with Crippen molar-refractivity contribution in [1.29, 1.82) is 0 Å². The minimum atomic E-state index is -0.252. The molecule has 0 aliphatic carbocycles. The number of hydrogen-bond acceptors (Lipinski definition) is 3. The summed E-state index contributed by atoms with van der Waals surface area (Å²) >= 11 is 0. The summed E-state index contributed by atoms with van der Waals surface area (Å²) in [6, 6.07) is 5.94. The van der Waals surface area contributed by atoms with Crippen molar-refractivity contribution in [2.45, 2.75) is 25.4 Å². The van der Waals surface area contributed by atoms with Crippen molar-refractivity contribution in [3.8, 4) is 5.75 Å². The second-order valence-electron chi connectivity index (χ2n) is 4.67. The summed E-state index contributed by atoms with van der Waals surface area (Å²) < 4.78 is 5.94. The fourth-order valence-corrected chi connectivity index (χ4v) is 2.36. The number of hydrogen-bond donors (Lipinski definition) is 1. The molecule has 1 aromatic rings. The molecule has 2 heterocycles. The van der Waals surface area contributed by atoms with Crippen LogP contribution in [0.3, 0.4) is 0 Å². The smallest absolute Gasteiger partial charge is 0.170 e. The third-order valence-electron chi connectivity index (χ3n) is 3.46. The molecular formula is C13H16ClNO2. The van der Waals surface area contributed by atoms with Gasteiger partial charge in [0.1, 0.15) is 11.4 Å². The van der Waals surface area contributed by atoms with Gasteiger partial charge in [-0.2, -0.15) is 0 Å². The zero-order valence-corrected chi connectivity index (χ0v) is 10.6. The van der Waals surface area contributed by atoms with Gasteiger partial charge in [0, 0.05) is 13.1 Å². The molecule has 3 rings (SSSR count). The van der Waals surface area contributed by atoms with E-state index >= 15 is 0 Å². The van der Waals surface area contributed by atoms with E-state index < -0.39 is 0 Å². The average molecular weight is 254 g/mol. The van der Waals surface area contributed by atoms with Gasteiger partial charge in [-0.1, -0.05) is 13.0 Å². The Hall–Kier alpha value is -1.06. The van der Waals surface area contributed by atoms with Crippen LogP contribution in [0.15, 0.2) is 18.2 Å². The van der Waals surface area contributed by atoms with Gasteiger partial charge in [-0.15, -0.1) is 12.4 Å². The third-order valence-corrected chi connectivity index (χ3v) is 3.46. The van der Waals surface area contributed by atoms with E-state index in [0.717, 1.165) is 30.8 Å². The number of carbonyl (C=O) groups is 1. The van der Waals surface area contributed by atoms with Gasteiger partial charge in [0.05, 0.1) is 12.0 Å². The van der Waals surface area contributed by atoms with Crippen molar-refractivity contribution in [2.75, 3.05) is 13.1 Å². The summed E-state index contributed by atoms with van der Waals surface area (Å²) in [5.74, 6) is 0.980. The highest BCUT2D eigenvalue weighted by Crippen LogP contribution is 2.35. The van der Waals surface area contributed by atoms with E-state index in [4.69, 9.17) is 4.74 Å². The molecule has 1 N–H and O–H groups in total. The maximum atomic E-state index is 12.1. The first kappa shape index (κ1) is 12.4. The number of carbonyl (C=O) groups excluding carboxylic acids is 1. The van der Waals surface area contributed by atoms with Crippen molar-refractivity contribution in [3.05, 3.63) is 29.3 Å². The highest BCUT2D eigenvalue weighted by molar-refractivity contribution is 6.00. The molecule has 0 radical (unpaired) electrons. The highest BCUT2D eigenvalue weighted by atomic mass is 35.5. The summed E-state index contributed by atoms with van der Waals surface area (Å²) in [5, 5.41) is 3.17. The molecule has 1 aromatic carbocycles. The first-order chi connectivity index (χ1) is 7.72. The third kappa shape index (κ3) is 1.94. The highest BCUT2D eigenvalue weighted by Gasteiger charge is 2.45. The number of benzene rings is 1. The summed E-state index contributed by atoms with van der Waals surface area (Å²) in [6.07, 6.45) is 1.47. The Morgan fingerprint density at radius 2 is 2.18 bits per heavy atom. The van der Waals surface area contributed by atoms with E-state index in [0.29, 0.717) is 6.42 Å². The van der Waals surface area contributed by atoms with Crippen LogP contribution in [0.4, 0.5) is 0 Å². The van der Waals surface area contributed by atoms with Gasteiger partial charge in [-0.25, -0.2) is 0 Å². The van der Waals surface area contributed by atoms with Crippen LogP contribution in [0.5, 0.6) is 5.75 Å². The summed E-state index contributed by atoms with van der Waals surface area (Å²) in [6.45, 7) is 3.66. The quantitative estimate of drug-likeness (QED) is 0.832. The average Bonchev–Trinajstić information content (AvgIpc) is 2.26. The van der Waals surface area contributed by atoms with Crippen molar-refractivity contribution in [2.24, 2.45) is 0 Å². The number of fused-ring (bicyclic) bond motifs is 1. The Bertz CT molecular complexity index is 455. The van der Waals surface area contributed by atoms with Crippen LogP contribution in [-0.2, 0) is 6.42 Å². The molecule has 2 aliphatic rings. The van der Waals surface area contributed by atoms with Gasteiger partial charge < -0.3 is 10.1 Å². The first-order valence-electron chi connectivity index (χ1n) is 5.78. The Morgan fingerprint density at radius 1 is 1.41 bits per heavy atom. The number of nitrogens with one attached hydrogen (secondary N) is 1. The molecule has 17 heavy (non-hydrogen) atoms. The molecule has 0 aromatic heterocycles. The molecule has 0 saturated carbocycles. The van der Waals surface area contributed by atoms with E-state index in [1.807, 2.05) is 18.2 Å². The number of Topliss-reactive ketones (excluding diaryl/α,β-unsaturated/α-hetero) is 1. The van der Waals surface area contributed by atoms with Crippen molar-refractivity contribution in [3.63, 3.8) is 0 Å². The van der Waals surface area contributed by atoms with Crippen LogP contribution < -0.4 is 10.1 Å². The van der Waals surface area contributed by atoms with Gasteiger partial charge in [0.2, 0.25) is 0 Å². The van der Waals surface area contributed by atoms with Crippen LogP contribution in [0.2, 0.25) is 0 Å². The maximum Gasteiger partial charge on any atom is 0.170 e. The number of halogens is 1. The van der Waals surface area contributed by atoms with E-state index in [1.165, 1.54) is 5.56 Å². The normalized spacial score (nSPS) is 19.9. The molecule has 0 bridgehead atoms. The molecule has 92 valence electrons. The van der Waals surface area contributed by atoms with E-state index in [-0.39, 0.29) is 23.8 Å². The minimum Gasteiger partial charge on any atom is -0.483 e. The molecule has 1 saturated heterocycles. The van der Waals surface area contributed by atoms with Gasteiger partial charge in [-0.05, 0) is 24.1 Å². The molecule has 0 amide bonds. The van der Waals surface area contributed by atoms with E-state index in [1.54, 1.807) is 0 Å². The van der Waals surface area contributed by atoms with Crippen LogP contribution in [0.1, 0.15) is 29.3 Å². The second kappa shape index (κ2) is 4.31. The van der Waals surface area contributed by atoms with Gasteiger partial charge in [0.25, 0.3) is 0 Å². The fraction of sp³-hybridized carbons (Fsp3) is 0.462. The van der Waals surface area contributed by atoms with Gasteiger partial charge >= 0.3 is 0 Å². The zero-order valence-electron chi connectivity index (χ0n) is 9.79. The van der Waals surface area contributed by atoms with E-state index in [9.17, 15) is 4.79 Å². The van der Waals surface area contributed by atoms with Crippen LogP contribution in [0, 0.1) is 0 Å². The van der Waals surface area contributed by atoms with Crippen LogP contribution in [0.25, 0.3) is 0 Å². The topological polar surface area (TPSA) is 38.3 Å². The standard InChI is InChI=1S/C13H15NO2.ClH/c1-2-9-3-4-12-10(5-9)11(15)6-13(16-12)7-14-8-13;/h3-5,14H,2,6-8H2,1H3;1H. The van der Waals surface area contributed by atoms with Gasteiger partial charge in [0.15, 0.2) is 5.78 Å². The minimum absolute atomic E-state index is 0. The van der Waals surface area contributed by atoms with Crippen LogP contribution >= 0.6 is 12.4 Å². The Kier molecular flexibility index (Phi) is 3.15. The molecule has 0 atom stereocenters. The SMILES string of the molecule is CCc1ccc2c(c1)C(=O)CC1(CNC1)O2.Cl. The molecule has 1 fully saturated rings. The Morgan fingerprint density at radius 3 is 2.76 bits per heavy atom. The predicted octanol–water partition coefficient (Wildman–Crippen LogP) is 1.98. The Balaban J connectivity index is 0.00000108. The summed E-state index contributed by atoms with van der Waals surface area (Å²) in [5.41, 5.74) is 1.70. The first-order valence-corrected chi connectivity index (χ1v) is 5.78. The molecule has 4 heteroatoms. The number of rotatable bonds is 1. The number of ketones is 1. The van der Waals surface area contributed by atoms with E-state index in [2.05, 4.69) is 12.2 Å². The zero-order chi connectivity index (χ0) is 11.2. The lowest BCUT2D eigenvalue weighted by Crippen LogP contribution is -2.65. The lowest BCUT2D eigenvalue weighted by molar-refractivity contribution is 0.00239. The van der Waals surface area contributed by atoms with Crippen LogP contribution in [-0.4, -0.2) is 24.5 Å². The largest absolute Gasteiger partial charge is 0.483 e. The molecule has 1 spiro atoms. The van der Waals surface area contributed by atoms with Crippen molar-refractivity contribution < 1.29 is 9.53 Å². The fourth-order valence-electron chi connectivity index (χ4n) is 2.36. The molecule has 2 aliphatic heterocycles. The molecule has 0 unspecified atom stereocenters. The number of ether oxygens (including phenoxy) is 1. The summed E-state index contributed by atoms with van der Waals surface area (Å²) in [7, 11) is 0. The van der Waals surface area contributed by atoms with Crippen molar-refractivity contribution in [1.82, 2.24) is 5.32 Å². The predicted molar refractivity (Wildman–Crippen MR) is 68.2 cm³/mol. The van der Waals surface area contributed by atoms with Crippen molar-refractivity contribution >= 4 is 18.2 Å². The number of aryl methyl sites for hydroxylation is 1. The maximum absolute atomic E-state index is 12.1. The molecule has 3 nitrogen and oxygen atoms in total. The summed E-state index contributed by atoms with van der Waals surface area (Å²) in [4.78, 5) is 12.1. The molecular weight excluding hydrogens is 238 g/mol. The second-order valence-corrected chi connectivity index (χ2v) is 4.67. The lowest BCUT2D eigenvalue weighted by Gasteiger charge is -2.45. The Labute approximate surface area is 107 Å². The lowest BCUT2D eigenvalue weighted by atomic mass is 9.85. The van der Waals surface area contributed by atoms with Gasteiger partial charge in [-0.3, -0.25) is 4.79 Å². The monoisotopic (exact) mass is 253 g/mol.